The van der Waals surface area contributed by atoms with E-state index in [2.05, 4.69) is 20.3 Å². The molecule has 0 aliphatic carbocycles. The molecule has 1 aromatic carbocycles. The average Bonchev–Trinajstić information content (AvgIpc) is 3.16. The van der Waals surface area contributed by atoms with Crippen LogP contribution in [-0.2, 0) is 6.18 Å². The van der Waals surface area contributed by atoms with Crippen molar-refractivity contribution in [3.8, 4) is 11.4 Å². The van der Waals surface area contributed by atoms with Crippen LogP contribution in [0.1, 0.15) is 23.6 Å². The van der Waals surface area contributed by atoms with Gasteiger partial charge in [-0.15, -0.1) is 10.2 Å². The number of aromatic nitrogens is 4. The van der Waals surface area contributed by atoms with E-state index in [0.717, 1.165) is 12.1 Å². The Morgan fingerprint density at radius 3 is 2.75 bits per heavy atom. The Hall–Kier alpha value is -2.14. The number of alkyl halides is 3. The number of thioether (sulfide) groups is 1. The Balaban J connectivity index is 1.80. The summed E-state index contributed by atoms with van der Waals surface area (Å²) in [4.78, 5) is 4.17. The smallest absolute Gasteiger partial charge is 0.374 e. The van der Waals surface area contributed by atoms with Crippen LogP contribution in [0.3, 0.4) is 0 Å². The summed E-state index contributed by atoms with van der Waals surface area (Å²) in [5, 5.41) is 11.4. The number of halogens is 3. The van der Waals surface area contributed by atoms with E-state index in [1.165, 1.54) is 35.2 Å². The van der Waals surface area contributed by atoms with Crippen molar-refractivity contribution in [3.63, 3.8) is 0 Å². The molecule has 2 heterocycles. The fourth-order valence-corrected chi connectivity index (χ4v) is 3.63. The van der Waals surface area contributed by atoms with E-state index in [0.29, 0.717) is 9.47 Å². The van der Waals surface area contributed by atoms with Crippen LogP contribution in [0.2, 0.25) is 0 Å². The molecule has 0 spiro atoms. The van der Waals surface area contributed by atoms with Gasteiger partial charge in [-0.05, 0) is 19.1 Å². The molecule has 3 aromatic rings. The van der Waals surface area contributed by atoms with Crippen LogP contribution >= 0.6 is 23.1 Å². The summed E-state index contributed by atoms with van der Waals surface area (Å²) >= 11 is 2.54. The highest BCUT2D eigenvalue weighted by atomic mass is 32.2. The number of benzene rings is 1. The van der Waals surface area contributed by atoms with E-state index in [-0.39, 0.29) is 22.5 Å². The van der Waals surface area contributed by atoms with Gasteiger partial charge in [-0.3, -0.25) is 0 Å². The molecule has 11 heteroatoms. The van der Waals surface area contributed by atoms with Gasteiger partial charge in [0.2, 0.25) is 16.8 Å². The molecule has 1 unspecified atom stereocenters. The van der Waals surface area contributed by atoms with Gasteiger partial charge in [0.25, 0.3) is 0 Å². The molecule has 0 saturated carbocycles. The fraction of sp³-hybridized carbons (Fsp3) is 0.231. The van der Waals surface area contributed by atoms with E-state index < -0.39 is 11.7 Å². The minimum absolute atomic E-state index is 0.0975. The van der Waals surface area contributed by atoms with Crippen molar-refractivity contribution in [2.45, 2.75) is 22.7 Å². The van der Waals surface area contributed by atoms with Gasteiger partial charge in [-0.25, -0.2) is 0 Å². The van der Waals surface area contributed by atoms with Crippen molar-refractivity contribution in [1.29, 1.82) is 0 Å². The van der Waals surface area contributed by atoms with Gasteiger partial charge in [0.05, 0.1) is 10.8 Å². The molecule has 0 aliphatic rings. The number of hydrogen-bond donors (Lipinski definition) is 1. The SMILES string of the molecule is CC(Sc1nnc(N)s1)c1nc(-c2cccc(C(F)(F)F)c2)no1. The topological polar surface area (TPSA) is 90.7 Å². The van der Waals surface area contributed by atoms with E-state index in [1.54, 1.807) is 0 Å². The minimum Gasteiger partial charge on any atom is -0.374 e. The lowest BCUT2D eigenvalue weighted by Crippen LogP contribution is -2.04. The molecule has 2 aromatic heterocycles. The molecule has 1 atom stereocenters. The van der Waals surface area contributed by atoms with Gasteiger partial charge in [0.15, 0.2) is 4.34 Å². The second-order valence-corrected chi connectivity index (χ2v) is 7.30. The van der Waals surface area contributed by atoms with Crippen LogP contribution in [0.25, 0.3) is 11.4 Å². The molecule has 24 heavy (non-hydrogen) atoms. The Morgan fingerprint density at radius 1 is 1.29 bits per heavy atom. The normalized spacial score (nSPS) is 13.2. The third-order valence-electron chi connectivity index (χ3n) is 2.94. The molecule has 3 rings (SSSR count). The van der Waals surface area contributed by atoms with Crippen molar-refractivity contribution in [3.05, 3.63) is 35.7 Å². The zero-order valence-electron chi connectivity index (χ0n) is 12.1. The number of rotatable bonds is 4. The van der Waals surface area contributed by atoms with Crippen LogP contribution in [0.5, 0.6) is 0 Å². The molecule has 0 saturated heterocycles. The number of anilines is 1. The third kappa shape index (κ3) is 3.67. The van der Waals surface area contributed by atoms with E-state index in [9.17, 15) is 13.2 Å². The number of nitrogens with two attached hydrogens (primary N) is 1. The Morgan fingerprint density at radius 2 is 2.08 bits per heavy atom. The van der Waals surface area contributed by atoms with Crippen LogP contribution in [0.4, 0.5) is 18.3 Å². The first kappa shape index (κ1) is 16.7. The summed E-state index contributed by atoms with van der Waals surface area (Å²) < 4.78 is 44.1. The number of nitrogens with zero attached hydrogens (tertiary/aromatic N) is 4. The van der Waals surface area contributed by atoms with Gasteiger partial charge in [0, 0.05) is 5.56 Å². The highest BCUT2D eigenvalue weighted by Gasteiger charge is 2.31. The quantitative estimate of drug-likeness (QED) is 0.690. The first-order chi connectivity index (χ1) is 11.3. The Bertz CT molecular complexity index is 848. The molecule has 126 valence electrons. The maximum absolute atomic E-state index is 12.8. The molecule has 0 aliphatic heterocycles. The van der Waals surface area contributed by atoms with Crippen molar-refractivity contribution in [1.82, 2.24) is 20.3 Å². The van der Waals surface area contributed by atoms with Crippen molar-refractivity contribution in [2.75, 3.05) is 5.73 Å². The first-order valence-corrected chi connectivity index (χ1v) is 8.29. The Kier molecular flexibility index (Phi) is 4.45. The number of nitrogen functional groups attached to an aromatic ring is 1. The summed E-state index contributed by atoms with van der Waals surface area (Å²) in [6.45, 7) is 1.81. The van der Waals surface area contributed by atoms with E-state index in [1.807, 2.05) is 6.92 Å². The second-order valence-electron chi connectivity index (χ2n) is 4.70. The second kappa shape index (κ2) is 6.40. The molecule has 0 radical (unpaired) electrons. The van der Waals surface area contributed by atoms with E-state index in [4.69, 9.17) is 10.3 Å². The van der Waals surface area contributed by atoms with Gasteiger partial charge in [-0.2, -0.15) is 18.2 Å². The molecular weight excluding hydrogens is 363 g/mol. The summed E-state index contributed by atoms with van der Waals surface area (Å²) in [5.74, 6) is 0.376. The standard InChI is InChI=1S/C13H10F3N5OS2/c1-6(23-12-20-19-11(17)24-12)10-18-9(21-22-10)7-3-2-4-8(5-7)13(14,15)16/h2-6H,1H3,(H2,17,19). The minimum atomic E-state index is -4.43. The predicted molar refractivity (Wildman–Crippen MR) is 83.3 cm³/mol. The first-order valence-electron chi connectivity index (χ1n) is 6.60. The maximum Gasteiger partial charge on any atom is 0.416 e. The predicted octanol–water partition coefficient (Wildman–Crippen LogP) is 4.04. The molecular formula is C13H10F3N5OS2. The van der Waals surface area contributed by atoms with Gasteiger partial charge < -0.3 is 10.3 Å². The Labute approximate surface area is 142 Å². The number of hydrogen-bond acceptors (Lipinski definition) is 8. The van der Waals surface area contributed by atoms with Crippen LogP contribution in [0.15, 0.2) is 33.1 Å². The summed E-state index contributed by atoms with van der Waals surface area (Å²) in [6.07, 6.45) is -4.43. The van der Waals surface area contributed by atoms with Crippen LogP contribution in [0, 0.1) is 0 Å². The van der Waals surface area contributed by atoms with E-state index >= 15 is 0 Å². The van der Waals surface area contributed by atoms with Crippen LogP contribution < -0.4 is 5.73 Å². The molecule has 6 nitrogen and oxygen atoms in total. The largest absolute Gasteiger partial charge is 0.416 e. The lowest BCUT2D eigenvalue weighted by Gasteiger charge is -2.06. The van der Waals surface area contributed by atoms with Crippen molar-refractivity contribution < 1.29 is 17.7 Å². The third-order valence-corrected chi connectivity index (χ3v) is 4.86. The highest BCUT2D eigenvalue weighted by molar-refractivity contribution is 8.01. The summed E-state index contributed by atoms with van der Waals surface area (Å²) in [6, 6.07) is 4.77. The average molecular weight is 373 g/mol. The monoisotopic (exact) mass is 373 g/mol. The maximum atomic E-state index is 12.8. The lowest BCUT2D eigenvalue weighted by molar-refractivity contribution is -0.137. The molecule has 2 N–H and O–H groups in total. The zero-order chi connectivity index (χ0) is 17.3. The lowest BCUT2D eigenvalue weighted by atomic mass is 10.1. The van der Waals surface area contributed by atoms with Crippen LogP contribution in [-0.4, -0.2) is 20.3 Å². The zero-order valence-corrected chi connectivity index (χ0v) is 13.7. The summed E-state index contributed by atoms with van der Waals surface area (Å²) in [7, 11) is 0. The fourth-order valence-electron chi connectivity index (χ4n) is 1.82. The van der Waals surface area contributed by atoms with Crippen molar-refractivity contribution in [2.24, 2.45) is 0 Å². The van der Waals surface area contributed by atoms with Gasteiger partial charge in [0.1, 0.15) is 0 Å². The van der Waals surface area contributed by atoms with Gasteiger partial charge >= 0.3 is 6.18 Å². The van der Waals surface area contributed by atoms with Gasteiger partial charge in [-0.1, -0.05) is 40.4 Å². The highest BCUT2D eigenvalue weighted by Crippen LogP contribution is 2.37. The molecule has 0 amide bonds. The molecule has 0 fully saturated rings. The molecule has 0 bridgehead atoms. The van der Waals surface area contributed by atoms with Crippen molar-refractivity contribution >= 4 is 28.2 Å². The summed E-state index contributed by atoms with van der Waals surface area (Å²) in [5.41, 5.74) is 4.98.